The lowest BCUT2D eigenvalue weighted by molar-refractivity contribution is 0.300. The van der Waals surface area contributed by atoms with Crippen LogP contribution in [0.3, 0.4) is 0 Å². The summed E-state index contributed by atoms with van der Waals surface area (Å²) in [5.41, 5.74) is 3.01. The van der Waals surface area contributed by atoms with E-state index in [9.17, 15) is 0 Å². The predicted molar refractivity (Wildman–Crippen MR) is 89.9 cm³/mol. The van der Waals surface area contributed by atoms with Gasteiger partial charge in [0.1, 0.15) is 12.4 Å². The summed E-state index contributed by atoms with van der Waals surface area (Å²) in [5.74, 6) is 0.917. The quantitative estimate of drug-likeness (QED) is 0.827. The third-order valence-corrected chi connectivity index (χ3v) is 4.44. The molecule has 0 aromatic heterocycles. The molecule has 2 aromatic rings. The topological polar surface area (TPSA) is 21.3 Å². The molecular formula is C18H20BrNO. The first-order valence-corrected chi connectivity index (χ1v) is 8.29. The van der Waals surface area contributed by atoms with Gasteiger partial charge in [0.25, 0.3) is 0 Å². The standard InChI is InChI=1S/C18H20BrNO/c19-16-6-3-7-18(13-16)21-11-10-20-17-9-8-14-4-1-2-5-15(14)12-17/h1-7,13,17,20H,8-12H2. The van der Waals surface area contributed by atoms with Crippen molar-refractivity contribution in [3.63, 3.8) is 0 Å². The van der Waals surface area contributed by atoms with Gasteiger partial charge >= 0.3 is 0 Å². The monoisotopic (exact) mass is 345 g/mol. The van der Waals surface area contributed by atoms with E-state index < -0.39 is 0 Å². The molecule has 1 aliphatic carbocycles. The van der Waals surface area contributed by atoms with Crippen LogP contribution in [0.25, 0.3) is 0 Å². The van der Waals surface area contributed by atoms with E-state index in [2.05, 4.69) is 45.5 Å². The first-order chi connectivity index (χ1) is 10.3. The van der Waals surface area contributed by atoms with Crippen LogP contribution in [0.15, 0.2) is 53.0 Å². The Morgan fingerprint density at radius 1 is 1.10 bits per heavy atom. The van der Waals surface area contributed by atoms with Crippen molar-refractivity contribution in [1.82, 2.24) is 5.32 Å². The lowest BCUT2D eigenvalue weighted by Crippen LogP contribution is -2.36. The van der Waals surface area contributed by atoms with Gasteiger partial charge in [0.05, 0.1) is 0 Å². The Labute approximate surface area is 134 Å². The summed E-state index contributed by atoms with van der Waals surface area (Å²) in [6.07, 6.45) is 3.53. The van der Waals surface area contributed by atoms with Crippen molar-refractivity contribution in [3.8, 4) is 5.75 Å². The predicted octanol–water partition coefficient (Wildman–Crippen LogP) is 3.98. The summed E-state index contributed by atoms with van der Waals surface area (Å²) < 4.78 is 6.81. The fourth-order valence-electron chi connectivity index (χ4n) is 2.86. The van der Waals surface area contributed by atoms with E-state index in [1.165, 1.54) is 24.0 Å². The highest BCUT2D eigenvalue weighted by Crippen LogP contribution is 2.21. The average molecular weight is 346 g/mol. The highest BCUT2D eigenvalue weighted by molar-refractivity contribution is 9.10. The third kappa shape index (κ3) is 4.08. The van der Waals surface area contributed by atoms with Crippen molar-refractivity contribution in [2.75, 3.05) is 13.2 Å². The van der Waals surface area contributed by atoms with Gasteiger partial charge in [0, 0.05) is 17.1 Å². The molecule has 1 N–H and O–H groups in total. The van der Waals surface area contributed by atoms with Crippen molar-refractivity contribution in [2.24, 2.45) is 0 Å². The lowest BCUT2D eigenvalue weighted by Gasteiger charge is -2.25. The fourth-order valence-corrected chi connectivity index (χ4v) is 3.24. The second kappa shape index (κ2) is 7.10. The van der Waals surface area contributed by atoms with Gasteiger partial charge in [0.2, 0.25) is 0 Å². The number of rotatable bonds is 5. The van der Waals surface area contributed by atoms with Crippen LogP contribution in [0.2, 0.25) is 0 Å². The highest BCUT2D eigenvalue weighted by atomic mass is 79.9. The van der Waals surface area contributed by atoms with Gasteiger partial charge in [0.15, 0.2) is 0 Å². The smallest absolute Gasteiger partial charge is 0.120 e. The molecule has 0 saturated heterocycles. The summed E-state index contributed by atoms with van der Waals surface area (Å²) in [4.78, 5) is 0. The minimum absolute atomic E-state index is 0.575. The zero-order valence-corrected chi connectivity index (χ0v) is 13.6. The van der Waals surface area contributed by atoms with Crippen LogP contribution < -0.4 is 10.1 Å². The Hall–Kier alpha value is -1.32. The van der Waals surface area contributed by atoms with Gasteiger partial charge in [-0.1, -0.05) is 46.3 Å². The number of benzene rings is 2. The van der Waals surface area contributed by atoms with Gasteiger partial charge in [-0.2, -0.15) is 0 Å². The number of ether oxygens (including phenoxy) is 1. The first kappa shape index (κ1) is 14.6. The van der Waals surface area contributed by atoms with Crippen molar-refractivity contribution in [1.29, 1.82) is 0 Å². The molecule has 1 aliphatic rings. The number of halogens is 1. The van der Waals surface area contributed by atoms with Gasteiger partial charge in [-0.3, -0.25) is 0 Å². The Kier molecular flexibility index (Phi) is 4.94. The van der Waals surface area contributed by atoms with Gasteiger partial charge in [-0.25, -0.2) is 0 Å². The third-order valence-electron chi connectivity index (χ3n) is 3.95. The molecule has 0 spiro atoms. The van der Waals surface area contributed by atoms with Crippen LogP contribution in [0.4, 0.5) is 0 Å². The molecule has 0 aliphatic heterocycles. The van der Waals surface area contributed by atoms with E-state index in [0.29, 0.717) is 12.6 Å². The molecule has 0 heterocycles. The number of nitrogens with one attached hydrogen (secondary N) is 1. The van der Waals surface area contributed by atoms with E-state index in [-0.39, 0.29) is 0 Å². The van der Waals surface area contributed by atoms with Crippen LogP contribution in [-0.4, -0.2) is 19.2 Å². The average Bonchev–Trinajstić information content (AvgIpc) is 2.51. The van der Waals surface area contributed by atoms with E-state index in [1.807, 2.05) is 24.3 Å². The largest absolute Gasteiger partial charge is 0.492 e. The molecule has 0 saturated carbocycles. The second-order valence-electron chi connectivity index (χ2n) is 5.47. The molecule has 2 aromatic carbocycles. The summed E-state index contributed by atoms with van der Waals surface area (Å²) in [6.45, 7) is 1.59. The number of hydrogen-bond donors (Lipinski definition) is 1. The molecule has 21 heavy (non-hydrogen) atoms. The molecule has 110 valence electrons. The first-order valence-electron chi connectivity index (χ1n) is 7.50. The SMILES string of the molecule is Brc1cccc(OCCNC2CCc3ccccc3C2)c1. The zero-order valence-electron chi connectivity index (χ0n) is 12.0. The lowest BCUT2D eigenvalue weighted by atomic mass is 9.88. The minimum atomic E-state index is 0.575. The van der Waals surface area contributed by atoms with Crippen molar-refractivity contribution >= 4 is 15.9 Å². The Bertz CT molecular complexity index is 599. The molecule has 2 nitrogen and oxygen atoms in total. The highest BCUT2D eigenvalue weighted by Gasteiger charge is 2.17. The maximum atomic E-state index is 5.75. The summed E-state index contributed by atoms with van der Waals surface area (Å²) in [7, 11) is 0. The van der Waals surface area contributed by atoms with Crippen LogP contribution >= 0.6 is 15.9 Å². The van der Waals surface area contributed by atoms with Gasteiger partial charge in [-0.05, 0) is 48.6 Å². The van der Waals surface area contributed by atoms with E-state index in [1.54, 1.807) is 0 Å². The minimum Gasteiger partial charge on any atom is -0.492 e. The van der Waals surface area contributed by atoms with Crippen molar-refractivity contribution in [3.05, 3.63) is 64.1 Å². The van der Waals surface area contributed by atoms with Gasteiger partial charge in [-0.15, -0.1) is 0 Å². The molecule has 3 rings (SSSR count). The number of hydrogen-bond acceptors (Lipinski definition) is 2. The Morgan fingerprint density at radius 3 is 2.81 bits per heavy atom. The van der Waals surface area contributed by atoms with E-state index >= 15 is 0 Å². The maximum Gasteiger partial charge on any atom is 0.120 e. The van der Waals surface area contributed by atoms with Crippen LogP contribution in [0, 0.1) is 0 Å². The summed E-state index contributed by atoms with van der Waals surface area (Å²) in [5, 5.41) is 3.61. The number of aryl methyl sites for hydroxylation is 1. The Balaban J connectivity index is 1.43. The second-order valence-corrected chi connectivity index (χ2v) is 6.38. The normalized spacial score (nSPS) is 17.3. The van der Waals surface area contributed by atoms with Gasteiger partial charge < -0.3 is 10.1 Å². The number of fused-ring (bicyclic) bond motifs is 1. The fraction of sp³-hybridized carbons (Fsp3) is 0.333. The van der Waals surface area contributed by atoms with Crippen molar-refractivity contribution in [2.45, 2.75) is 25.3 Å². The molecule has 3 heteroatoms. The summed E-state index contributed by atoms with van der Waals surface area (Å²) >= 11 is 3.45. The van der Waals surface area contributed by atoms with Crippen molar-refractivity contribution < 1.29 is 4.74 Å². The van der Waals surface area contributed by atoms with Crippen LogP contribution in [-0.2, 0) is 12.8 Å². The maximum absolute atomic E-state index is 5.75. The molecule has 1 unspecified atom stereocenters. The van der Waals surface area contributed by atoms with Crippen LogP contribution in [0.1, 0.15) is 17.5 Å². The zero-order chi connectivity index (χ0) is 14.5. The van der Waals surface area contributed by atoms with E-state index in [4.69, 9.17) is 4.74 Å². The summed E-state index contributed by atoms with van der Waals surface area (Å²) in [6, 6.07) is 17.3. The Morgan fingerprint density at radius 2 is 1.95 bits per heavy atom. The molecule has 0 radical (unpaired) electrons. The molecule has 0 amide bonds. The molecule has 0 fully saturated rings. The molecule has 0 bridgehead atoms. The molecular weight excluding hydrogens is 326 g/mol. The molecule has 1 atom stereocenters. The van der Waals surface area contributed by atoms with Crippen LogP contribution in [0.5, 0.6) is 5.75 Å². The van der Waals surface area contributed by atoms with E-state index in [0.717, 1.165) is 23.2 Å².